The zero-order chi connectivity index (χ0) is 16.1. The van der Waals surface area contributed by atoms with E-state index in [-0.39, 0.29) is 24.4 Å². The third-order valence-electron chi connectivity index (χ3n) is 4.73. The van der Waals surface area contributed by atoms with Gasteiger partial charge in [0, 0.05) is 51.5 Å². The number of hydrogen-bond donors (Lipinski definition) is 1. The lowest BCUT2D eigenvalue weighted by Crippen LogP contribution is -2.48. The molecule has 24 heavy (non-hydrogen) atoms. The highest BCUT2D eigenvalue weighted by Crippen LogP contribution is 2.14. The van der Waals surface area contributed by atoms with Gasteiger partial charge in [0.2, 0.25) is 0 Å². The molecule has 3 rings (SSSR count). The number of hydrogen-bond acceptors (Lipinski definition) is 5. The van der Waals surface area contributed by atoms with E-state index < -0.39 is 0 Å². The van der Waals surface area contributed by atoms with Gasteiger partial charge >= 0.3 is 0 Å². The van der Waals surface area contributed by atoms with E-state index in [1.165, 1.54) is 0 Å². The summed E-state index contributed by atoms with van der Waals surface area (Å²) in [4.78, 5) is 17.5. The molecule has 0 saturated carbocycles. The first-order valence-corrected chi connectivity index (χ1v) is 8.63. The fourth-order valence-corrected chi connectivity index (χ4v) is 3.34. The smallest absolute Gasteiger partial charge is 0.272 e. The van der Waals surface area contributed by atoms with Crippen LogP contribution in [0.25, 0.3) is 0 Å². The number of ether oxygens (including phenoxy) is 1. The Bertz CT molecular complexity index is 512. The molecule has 0 radical (unpaired) electrons. The largest absolute Gasteiger partial charge is 0.379 e. The lowest BCUT2D eigenvalue weighted by atomic mass is 10.2. The van der Waals surface area contributed by atoms with Crippen LogP contribution in [0.3, 0.4) is 0 Å². The summed E-state index contributed by atoms with van der Waals surface area (Å²) >= 11 is 0. The normalized spacial score (nSPS) is 21.5. The highest BCUT2D eigenvalue weighted by molar-refractivity contribution is 5.92. The van der Waals surface area contributed by atoms with Crippen molar-refractivity contribution in [3.63, 3.8) is 0 Å². The van der Waals surface area contributed by atoms with Crippen molar-refractivity contribution in [2.75, 3.05) is 52.5 Å². The molecule has 0 aromatic carbocycles. The SMILES string of the molecule is CCn1nccc1C(=O)N(CCN1CCOCC1)C1CCNC1.Cl. The number of carbonyl (C=O) groups excluding carboxylic acids is 1. The molecule has 7 nitrogen and oxygen atoms in total. The van der Waals surface area contributed by atoms with E-state index in [0.29, 0.717) is 12.2 Å². The minimum absolute atomic E-state index is 0. The van der Waals surface area contributed by atoms with Crippen LogP contribution in [-0.4, -0.2) is 84.0 Å². The summed E-state index contributed by atoms with van der Waals surface area (Å²) in [6.45, 7) is 9.77. The zero-order valence-electron chi connectivity index (χ0n) is 14.3. The molecule has 2 fully saturated rings. The van der Waals surface area contributed by atoms with Crippen LogP contribution in [0, 0.1) is 0 Å². The summed E-state index contributed by atoms with van der Waals surface area (Å²) in [5.74, 6) is 0.103. The third kappa shape index (κ3) is 4.47. The van der Waals surface area contributed by atoms with Crippen molar-refractivity contribution in [2.24, 2.45) is 0 Å². The minimum Gasteiger partial charge on any atom is -0.379 e. The molecule has 0 spiro atoms. The average molecular weight is 358 g/mol. The third-order valence-corrected chi connectivity index (χ3v) is 4.73. The number of amides is 1. The predicted molar refractivity (Wildman–Crippen MR) is 94.7 cm³/mol. The van der Waals surface area contributed by atoms with Gasteiger partial charge in [-0.25, -0.2) is 0 Å². The van der Waals surface area contributed by atoms with Crippen LogP contribution < -0.4 is 5.32 Å². The number of rotatable bonds is 6. The Labute approximate surface area is 149 Å². The molecule has 1 aromatic rings. The Morgan fingerprint density at radius 3 is 2.92 bits per heavy atom. The van der Waals surface area contributed by atoms with Crippen molar-refractivity contribution in [3.05, 3.63) is 18.0 Å². The number of nitrogens with one attached hydrogen (secondary N) is 1. The van der Waals surface area contributed by atoms with Crippen LogP contribution >= 0.6 is 12.4 Å². The molecule has 2 saturated heterocycles. The van der Waals surface area contributed by atoms with Crippen LogP contribution in [0.5, 0.6) is 0 Å². The van der Waals surface area contributed by atoms with E-state index in [9.17, 15) is 4.79 Å². The van der Waals surface area contributed by atoms with Crippen LogP contribution in [0.15, 0.2) is 12.3 Å². The van der Waals surface area contributed by atoms with Gasteiger partial charge in [-0.05, 0) is 26.0 Å². The quantitative estimate of drug-likeness (QED) is 0.801. The second-order valence-corrected chi connectivity index (χ2v) is 6.13. The van der Waals surface area contributed by atoms with Gasteiger partial charge < -0.3 is 15.0 Å². The molecule has 2 aliphatic heterocycles. The zero-order valence-corrected chi connectivity index (χ0v) is 15.1. The van der Waals surface area contributed by atoms with Crippen molar-refractivity contribution in [1.82, 2.24) is 24.9 Å². The average Bonchev–Trinajstić information content (AvgIpc) is 3.27. The van der Waals surface area contributed by atoms with Gasteiger partial charge in [-0.15, -0.1) is 12.4 Å². The van der Waals surface area contributed by atoms with Crippen molar-refractivity contribution in [2.45, 2.75) is 25.9 Å². The highest BCUT2D eigenvalue weighted by atomic mass is 35.5. The Hall–Kier alpha value is -1.15. The number of aryl methyl sites for hydroxylation is 1. The Kier molecular flexibility index (Phi) is 7.48. The first-order chi connectivity index (χ1) is 11.3. The van der Waals surface area contributed by atoms with Crippen molar-refractivity contribution in [3.8, 4) is 0 Å². The Balaban J connectivity index is 0.00000208. The van der Waals surface area contributed by atoms with Gasteiger partial charge in [-0.3, -0.25) is 14.4 Å². The van der Waals surface area contributed by atoms with E-state index in [0.717, 1.165) is 58.9 Å². The summed E-state index contributed by atoms with van der Waals surface area (Å²) in [5.41, 5.74) is 0.696. The lowest BCUT2D eigenvalue weighted by Gasteiger charge is -2.33. The molecule has 2 aliphatic rings. The molecule has 1 amide bonds. The predicted octanol–water partition coefficient (Wildman–Crippen LogP) is 0.461. The molecular weight excluding hydrogens is 330 g/mol. The molecule has 3 heterocycles. The maximum atomic E-state index is 13.0. The molecular formula is C16H28ClN5O2. The number of aromatic nitrogens is 2. The summed E-state index contributed by atoms with van der Waals surface area (Å²) in [5, 5.41) is 7.61. The van der Waals surface area contributed by atoms with Crippen LogP contribution in [0.2, 0.25) is 0 Å². The van der Waals surface area contributed by atoms with Gasteiger partial charge in [0.15, 0.2) is 0 Å². The van der Waals surface area contributed by atoms with Crippen LogP contribution in [-0.2, 0) is 11.3 Å². The maximum Gasteiger partial charge on any atom is 0.272 e. The number of nitrogens with zero attached hydrogens (tertiary/aromatic N) is 4. The fraction of sp³-hybridized carbons (Fsp3) is 0.750. The van der Waals surface area contributed by atoms with Crippen LogP contribution in [0.4, 0.5) is 0 Å². The standard InChI is InChI=1S/C16H27N5O2.ClH/c1-2-21-15(4-6-18-21)16(22)20(14-3-5-17-13-14)8-7-19-9-11-23-12-10-19;/h4,6,14,17H,2-3,5,7-13H2,1H3;1H. The number of carbonyl (C=O) groups is 1. The van der Waals surface area contributed by atoms with Gasteiger partial charge in [0.25, 0.3) is 5.91 Å². The second-order valence-electron chi connectivity index (χ2n) is 6.13. The van der Waals surface area contributed by atoms with Crippen molar-refractivity contribution < 1.29 is 9.53 Å². The summed E-state index contributed by atoms with van der Waals surface area (Å²) in [6.07, 6.45) is 2.74. The van der Waals surface area contributed by atoms with E-state index in [1.54, 1.807) is 10.9 Å². The van der Waals surface area contributed by atoms with Gasteiger partial charge in [-0.2, -0.15) is 5.10 Å². The second kappa shape index (κ2) is 9.36. The molecule has 8 heteroatoms. The first kappa shape index (κ1) is 19.2. The fourth-order valence-electron chi connectivity index (χ4n) is 3.34. The minimum atomic E-state index is 0. The molecule has 1 unspecified atom stereocenters. The molecule has 1 N–H and O–H groups in total. The topological polar surface area (TPSA) is 62.6 Å². The van der Waals surface area contributed by atoms with Crippen molar-refractivity contribution in [1.29, 1.82) is 0 Å². The lowest BCUT2D eigenvalue weighted by molar-refractivity contribution is 0.0299. The molecule has 136 valence electrons. The Morgan fingerprint density at radius 1 is 1.46 bits per heavy atom. The summed E-state index contributed by atoms with van der Waals surface area (Å²) < 4.78 is 7.18. The maximum absolute atomic E-state index is 13.0. The monoisotopic (exact) mass is 357 g/mol. The van der Waals surface area contributed by atoms with E-state index >= 15 is 0 Å². The van der Waals surface area contributed by atoms with Crippen LogP contribution in [0.1, 0.15) is 23.8 Å². The molecule has 1 atom stereocenters. The van der Waals surface area contributed by atoms with Gasteiger partial charge in [-0.1, -0.05) is 0 Å². The summed E-state index contributed by atoms with van der Waals surface area (Å²) in [7, 11) is 0. The number of morpholine rings is 1. The van der Waals surface area contributed by atoms with Gasteiger partial charge in [0.1, 0.15) is 5.69 Å². The summed E-state index contributed by atoms with van der Waals surface area (Å²) in [6, 6.07) is 2.11. The van der Waals surface area contributed by atoms with Crippen molar-refractivity contribution >= 4 is 18.3 Å². The van der Waals surface area contributed by atoms with E-state index in [4.69, 9.17) is 4.74 Å². The molecule has 1 aromatic heterocycles. The van der Waals surface area contributed by atoms with Gasteiger partial charge in [0.05, 0.1) is 13.2 Å². The number of halogens is 1. The van der Waals surface area contributed by atoms with E-state index in [1.807, 2.05) is 17.9 Å². The first-order valence-electron chi connectivity index (χ1n) is 8.63. The molecule has 0 aliphatic carbocycles. The highest BCUT2D eigenvalue weighted by Gasteiger charge is 2.29. The Morgan fingerprint density at radius 2 is 2.25 bits per heavy atom. The van der Waals surface area contributed by atoms with E-state index in [2.05, 4.69) is 15.3 Å². The molecule has 0 bridgehead atoms.